The molecule has 0 amide bonds. The van der Waals surface area contributed by atoms with Gasteiger partial charge < -0.3 is 39.6 Å². The maximum absolute atomic E-state index is 9.76. The van der Waals surface area contributed by atoms with Crippen LogP contribution in [0.25, 0.3) is 0 Å². The molecule has 0 atom stereocenters. The molecule has 8 nitrogen and oxygen atoms in total. The first kappa shape index (κ1) is 42.0. The van der Waals surface area contributed by atoms with Crippen molar-refractivity contribution in [2.75, 3.05) is 0 Å². The van der Waals surface area contributed by atoms with Gasteiger partial charge in [-0.1, -0.05) is 79.1 Å². The number of carbonyl (C=O) groups excluding carboxylic acids is 4. The third-order valence-corrected chi connectivity index (χ3v) is 3.94. The van der Waals surface area contributed by atoms with Crippen LogP contribution in [0.4, 0.5) is 0 Å². The Morgan fingerprint density at radius 1 is 0.394 bits per heavy atom. The average molecular weight is 639 g/mol. The van der Waals surface area contributed by atoms with Gasteiger partial charge in [0.25, 0.3) is 0 Å². The molecular formula is C24H44HfO8. The molecule has 0 fully saturated rings. The smallest absolute Gasteiger partial charge is 0.550 e. The Bertz CT molecular complexity index is 362. The second-order valence-electron chi connectivity index (χ2n) is 7.32. The van der Waals surface area contributed by atoms with E-state index in [0.717, 1.165) is 77.0 Å². The number of hydrogen-bond acceptors (Lipinski definition) is 8. The van der Waals surface area contributed by atoms with Gasteiger partial charge in [0.1, 0.15) is 0 Å². The van der Waals surface area contributed by atoms with Crippen molar-refractivity contribution < 1.29 is 65.4 Å². The summed E-state index contributed by atoms with van der Waals surface area (Å²) in [5.74, 6) is -3.73. The number of carboxylic acids is 4. The Morgan fingerprint density at radius 2 is 0.545 bits per heavy atom. The maximum Gasteiger partial charge on any atom is 4.00 e. The summed E-state index contributed by atoms with van der Waals surface area (Å²) in [5, 5.41) is 39.1. The van der Waals surface area contributed by atoms with Crippen molar-refractivity contribution >= 4 is 23.9 Å². The summed E-state index contributed by atoms with van der Waals surface area (Å²) in [6, 6.07) is 0. The number of carboxylic acid groups (broad SMARTS) is 4. The predicted octanol–water partition coefficient (Wildman–Crippen LogP) is 1.26. The fourth-order valence-electron chi connectivity index (χ4n) is 2.08. The first-order chi connectivity index (χ1) is 15.1. The monoisotopic (exact) mass is 640 g/mol. The maximum atomic E-state index is 9.76. The molecule has 0 rings (SSSR count). The van der Waals surface area contributed by atoms with Gasteiger partial charge >= 0.3 is 25.8 Å². The van der Waals surface area contributed by atoms with Gasteiger partial charge in [-0.3, -0.25) is 0 Å². The van der Waals surface area contributed by atoms with E-state index in [9.17, 15) is 39.6 Å². The summed E-state index contributed by atoms with van der Waals surface area (Å²) in [4.78, 5) is 39.1. The Morgan fingerprint density at radius 3 is 0.636 bits per heavy atom. The zero-order valence-corrected chi connectivity index (χ0v) is 24.7. The van der Waals surface area contributed by atoms with Gasteiger partial charge in [-0.2, -0.15) is 0 Å². The minimum Gasteiger partial charge on any atom is -0.550 e. The number of carbonyl (C=O) groups is 4. The van der Waals surface area contributed by atoms with Crippen LogP contribution in [0.15, 0.2) is 0 Å². The average Bonchev–Trinajstić information content (AvgIpc) is 2.69. The summed E-state index contributed by atoms with van der Waals surface area (Å²) >= 11 is 0. The zero-order chi connectivity index (χ0) is 25.6. The number of rotatable bonds is 16. The molecule has 0 saturated heterocycles. The van der Waals surface area contributed by atoms with Crippen LogP contribution in [0, 0.1) is 0 Å². The second kappa shape index (κ2) is 38.0. The molecular weight excluding hydrogens is 595 g/mol. The van der Waals surface area contributed by atoms with Crippen LogP contribution in [0.2, 0.25) is 0 Å². The molecule has 0 heterocycles. The molecule has 0 aromatic carbocycles. The Hall–Kier alpha value is -1.25. The third-order valence-electron chi connectivity index (χ3n) is 3.94. The molecule has 0 aliphatic carbocycles. The minimum atomic E-state index is -0.932. The number of hydrogen-bond donors (Lipinski definition) is 0. The largest absolute Gasteiger partial charge is 4.00 e. The number of unbranched alkanes of at least 4 members (excludes halogenated alkanes) is 8. The Kier molecular flexibility index (Phi) is 48.4. The van der Waals surface area contributed by atoms with Crippen LogP contribution in [-0.4, -0.2) is 23.9 Å². The van der Waals surface area contributed by atoms with E-state index < -0.39 is 23.9 Å². The molecule has 33 heavy (non-hydrogen) atoms. The van der Waals surface area contributed by atoms with Crippen molar-refractivity contribution in [1.29, 1.82) is 0 Å². The van der Waals surface area contributed by atoms with Gasteiger partial charge in [0, 0.05) is 23.9 Å². The van der Waals surface area contributed by atoms with Crippen molar-refractivity contribution in [3.05, 3.63) is 0 Å². The fraction of sp³-hybridized carbons (Fsp3) is 0.833. The molecule has 0 bridgehead atoms. The fourth-order valence-corrected chi connectivity index (χ4v) is 2.08. The molecule has 0 spiro atoms. The van der Waals surface area contributed by atoms with Gasteiger partial charge in [0.15, 0.2) is 0 Å². The molecule has 192 valence electrons. The second-order valence-corrected chi connectivity index (χ2v) is 7.32. The van der Waals surface area contributed by atoms with Crippen molar-refractivity contribution in [2.24, 2.45) is 0 Å². The molecule has 0 aromatic heterocycles. The zero-order valence-electron chi connectivity index (χ0n) is 21.1. The number of aliphatic carboxylic acids is 4. The van der Waals surface area contributed by atoms with E-state index in [2.05, 4.69) is 0 Å². The SMILES string of the molecule is CCCCCC(=O)[O-].CCCCCC(=O)[O-].CCCCCC(=O)[O-].CCCCCC(=O)[O-].[Hf+4]. The standard InChI is InChI=1S/4C6H12O2.Hf/c4*1-2-3-4-5-6(7)8;/h4*2-5H2,1H3,(H,7,8);/q;;;;+4/p-4. The van der Waals surface area contributed by atoms with Gasteiger partial charge in [0.2, 0.25) is 0 Å². The predicted molar refractivity (Wildman–Crippen MR) is 117 cm³/mol. The van der Waals surface area contributed by atoms with Gasteiger partial charge in [-0.15, -0.1) is 0 Å². The van der Waals surface area contributed by atoms with E-state index >= 15 is 0 Å². The Balaban J connectivity index is -0.000000105. The Labute approximate surface area is 219 Å². The minimum absolute atomic E-state index is 0. The summed E-state index contributed by atoms with van der Waals surface area (Å²) in [7, 11) is 0. The summed E-state index contributed by atoms with van der Waals surface area (Å²) < 4.78 is 0. The van der Waals surface area contributed by atoms with E-state index in [-0.39, 0.29) is 51.5 Å². The van der Waals surface area contributed by atoms with Crippen LogP contribution < -0.4 is 20.4 Å². The molecule has 0 aliphatic heterocycles. The van der Waals surface area contributed by atoms with E-state index in [4.69, 9.17) is 0 Å². The van der Waals surface area contributed by atoms with Gasteiger partial charge in [0.05, 0.1) is 0 Å². The quantitative estimate of drug-likeness (QED) is 0.180. The van der Waals surface area contributed by atoms with E-state index in [1.807, 2.05) is 27.7 Å². The van der Waals surface area contributed by atoms with Crippen LogP contribution in [0.5, 0.6) is 0 Å². The molecule has 0 radical (unpaired) electrons. The van der Waals surface area contributed by atoms with Crippen molar-refractivity contribution in [2.45, 2.75) is 130 Å². The van der Waals surface area contributed by atoms with Gasteiger partial charge in [-0.05, 0) is 51.4 Å². The van der Waals surface area contributed by atoms with Crippen LogP contribution in [-0.2, 0) is 45.0 Å². The van der Waals surface area contributed by atoms with Crippen LogP contribution >= 0.6 is 0 Å². The topological polar surface area (TPSA) is 161 Å². The summed E-state index contributed by atoms with van der Waals surface area (Å²) in [6.07, 6.45) is 12.1. The van der Waals surface area contributed by atoms with E-state index in [1.54, 1.807) is 0 Å². The molecule has 0 N–H and O–H groups in total. The summed E-state index contributed by atoms with van der Waals surface area (Å²) in [5.41, 5.74) is 0. The van der Waals surface area contributed by atoms with E-state index in [1.165, 1.54) is 0 Å². The normalized spacial score (nSPS) is 8.85. The van der Waals surface area contributed by atoms with E-state index in [0.29, 0.717) is 0 Å². The third kappa shape index (κ3) is 72.3. The van der Waals surface area contributed by atoms with Gasteiger partial charge in [-0.25, -0.2) is 0 Å². The first-order valence-electron chi connectivity index (χ1n) is 11.9. The van der Waals surface area contributed by atoms with Crippen molar-refractivity contribution in [3.63, 3.8) is 0 Å². The van der Waals surface area contributed by atoms with Crippen molar-refractivity contribution in [1.82, 2.24) is 0 Å². The molecule has 0 aromatic rings. The molecule has 9 heteroatoms. The van der Waals surface area contributed by atoms with Crippen molar-refractivity contribution in [3.8, 4) is 0 Å². The van der Waals surface area contributed by atoms with Crippen LogP contribution in [0.3, 0.4) is 0 Å². The molecule has 0 unspecified atom stereocenters. The molecule has 0 saturated carbocycles. The molecule has 0 aliphatic rings. The summed E-state index contributed by atoms with van der Waals surface area (Å²) in [6.45, 7) is 8.15. The first-order valence-corrected chi connectivity index (χ1v) is 11.9. The van der Waals surface area contributed by atoms with Crippen LogP contribution in [0.1, 0.15) is 130 Å².